The van der Waals surface area contributed by atoms with E-state index in [1.165, 1.54) is 12.1 Å². The molecular formula is C14H20N4O3. The van der Waals surface area contributed by atoms with Crippen molar-refractivity contribution in [1.29, 1.82) is 0 Å². The summed E-state index contributed by atoms with van der Waals surface area (Å²) in [5, 5.41) is 13.9. The van der Waals surface area contributed by atoms with E-state index in [1.54, 1.807) is 6.07 Å². The monoisotopic (exact) mass is 292 g/mol. The number of nitrogens with one attached hydrogen (secondary N) is 1. The lowest BCUT2D eigenvalue weighted by Crippen LogP contribution is -2.29. The Bertz CT molecular complexity index is 551. The van der Waals surface area contributed by atoms with Crippen LogP contribution >= 0.6 is 0 Å². The summed E-state index contributed by atoms with van der Waals surface area (Å²) in [6.07, 6.45) is 0. The van der Waals surface area contributed by atoms with Gasteiger partial charge in [0, 0.05) is 37.3 Å². The average Bonchev–Trinajstić information content (AvgIpc) is 2.78. The molecule has 1 aromatic carbocycles. The largest absolute Gasteiger partial charge is 0.364 e. The maximum absolute atomic E-state index is 11.9. The molecule has 2 rings (SSSR count). The third kappa shape index (κ3) is 3.13. The van der Waals surface area contributed by atoms with Crippen LogP contribution in [0.5, 0.6) is 0 Å². The second-order valence-electron chi connectivity index (χ2n) is 5.37. The van der Waals surface area contributed by atoms with Crippen molar-refractivity contribution in [3.05, 3.63) is 33.9 Å². The number of nitrogens with zero attached hydrogens (tertiary/aromatic N) is 2. The Hall–Kier alpha value is -2.15. The third-order valence-corrected chi connectivity index (χ3v) is 3.78. The topological polar surface area (TPSA) is 101 Å². The fraction of sp³-hybridized carbons (Fsp3) is 0.500. The van der Waals surface area contributed by atoms with Crippen molar-refractivity contribution < 1.29 is 9.72 Å². The van der Waals surface area contributed by atoms with E-state index in [0.29, 0.717) is 30.9 Å². The molecule has 1 aliphatic heterocycles. The van der Waals surface area contributed by atoms with E-state index < -0.39 is 4.92 Å². The number of benzene rings is 1. The summed E-state index contributed by atoms with van der Waals surface area (Å²) in [7, 11) is 0. The van der Waals surface area contributed by atoms with E-state index in [-0.39, 0.29) is 23.6 Å². The first-order valence-corrected chi connectivity index (χ1v) is 7.01. The molecule has 1 aromatic rings. The van der Waals surface area contributed by atoms with Crippen LogP contribution < -0.4 is 16.0 Å². The number of rotatable bonds is 4. The van der Waals surface area contributed by atoms with Gasteiger partial charge in [0.2, 0.25) is 0 Å². The SMILES string of the molecule is CCNC(=O)c1ccc([N+](=O)[O-])c(N2CC(C)C(N)C2)c1. The molecule has 0 radical (unpaired) electrons. The van der Waals surface area contributed by atoms with E-state index in [2.05, 4.69) is 5.32 Å². The fourth-order valence-electron chi connectivity index (χ4n) is 2.52. The van der Waals surface area contributed by atoms with Gasteiger partial charge in [0.05, 0.1) is 4.92 Å². The van der Waals surface area contributed by atoms with Crippen LogP contribution in [0.15, 0.2) is 18.2 Å². The Morgan fingerprint density at radius 1 is 1.52 bits per heavy atom. The van der Waals surface area contributed by atoms with Crippen molar-refractivity contribution in [3.63, 3.8) is 0 Å². The summed E-state index contributed by atoms with van der Waals surface area (Å²) < 4.78 is 0. The van der Waals surface area contributed by atoms with Crippen molar-refractivity contribution in [1.82, 2.24) is 5.32 Å². The molecule has 3 N–H and O–H groups in total. The van der Waals surface area contributed by atoms with E-state index in [0.717, 1.165) is 0 Å². The van der Waals surface area contributed by atoms with Crippen molar-refractivity contribution in [2.45, 2.75) is 19.9 Å². The van der Waals surface area contributed by atoms with Crippen LogP contribution in [0.4, 0.5) is 11.4 Å². The summed E-state index contributed by atoms with van der Waals surface area (Å²) in [5.41, 5.74) is 6.87. The maximum Gasteiger partial charge on any atom is 0.292 e. The van der Waals surface area contributed by atoms with Crippen LogP contribution in [-0.2, 0) is 0 Å². The zero-order valence-corrected chi connectivity index (χ0v) is 12.2. The first-order valence-electron chi connectivity index (χ1n) is 7.01. The van der Waals surface area contributed by atoms with Crippen molar-refractivity contribution in [2.24, 2.45) is 11.7 Å². The molecule has 0 aliphatic carbocycles. The van der Waals surface area contributed by atoms with Crippen molar-refractivity contribution >= 4 is 17.3 Å². The standard InChI is InChI=1S/C14H20N4O3/c1-3-16-14(19)10-4-5-12(18(20)21)13(6-10)17-7-9(2)11(15)8-17/h4-6,9,11H,3,7-8,15H2,1-2H3,(H,16,19). The quantitative estimate of drug-likeness (QED) is 0.640. The number of hydrogen-bond donors (Lipinski definition) is 2. The highest BCUT2D eigenvalue weighted by Gasteiger charge is 2.31. The average molecular weight is 292 g/mol. The minimum Gasteiger partial charge on any atom is -0.364 e. The second-order valence-corrected chi connectivity index (χ2v) is 5.37. The van der Waals surface area contributed by atoms with Gasteiger partial charge in [-0.25, -0.2) is 0 Å². The van der Waals surface area contributed by atoms with Gasteiger partial charge < -0.3 is 16.0 Å². The van der Waals surface area contributed by atoms with Gasteiger partial charge in [-0.3, -0.25) is 14.9 Å². The molecule has 1 amide bonds. The normalized spacial score (nSPS) is 21.4. The van der Waals surface area contributed by atoms with Crippen LogP contribution in [0.3, 0.4) is 0 Å². The molecule has 2 unspecified atom stereocenters. The molecule has 7 heteroatoms. The highest BCUT2D eigenvalue weighted by atomic mass is 16.6. The molecule has 7 nitrogen and oxygen atoms in total. The Morgan fingerprint density at radius 2 is 2.24 bits per heavy atom. The Morgan fingerprint density at radius 3 is 2.76 bits per heavy atom. The van der Waals surface area contributed by atoms with Gasteiger partial charge in [0.25, 0.3) is 11.6 Å². The van der Waals surface area contributed by atoms with Crippen molar-refractivity contribution in [3.8, 4) is 0 Å². The van der Waals surface area contributed by atoms with E-state index in [9.17, 15) is 14.9 Å². The third-order valence-electron chi connectivity index (χ3n) is 3.78. The number of nitrogens with two attached hydrogens (primary N) is 1. The summed E-state index contributed by atoms with van der Waals surface area (Å²) in [6, 6.07) is 4.42. The van der Waals surface area contributed by atoms with Crippen LogP contribution in [0.25, 0.3) is 0 Å². The lowest BCUT2D eigenvalue weighted by Gasteiger charge is -2.19. The van der Waals surface area contributed by atoms with Crippen LogP contribution in [0, 0.1) is 16.0 Å². The lowest BCUT2D eigenvalue weighted by atomic mass is 10.1. The Kier molecular flexibility index (Phi) is 4.42. The number of nitro benzene ring substituents is 1. The summed E-state index contributed by atoms with van der Waals surface area (Å²) in [5.74, 6) is 0.0305. The molecule has 1 heterocycles. The van der Waals surface area contributed by atoms with Crippen LogP contribution in [-0.4, -0.2) is 36.5 Å². The summed E-state index contributed by atoms with van der Waals surface area (Å²) in [4.78, 5) is 24.6. The fourth-order valence-corrected chi connectivity index (χ4v) is 2.52. The van der Waals surface area contributed by atoms with E-state index >= 15 is 0 Å². The molecule has 0 saturated carbocycles. The molecule has 114 valence electrons. The van der Waals surface area contributed by atoms with Gasteiger partial charge >= 0.3 is 0 Å². The van der Waals surface area contributed by atoms with Gasteiger partial charge in [-0.1, -0.05) is 6.92 Å². The molecule has 0 aromatic heterocycles. The highest BCUT2D eigenvalue weighted by Crippen LogP contribution is 2.32. The Balaban J connectivity index is 2.38. The number of hydrogen-bond acceptors (Lipinski definition) is 5. The van der Waals surface area contributed by atoms with Gasteiger partial charge in [0.15, 0.2) is 0 Å². The zero-order valence-electron chi connectivity index (χ0n) is 12.2. The number of anilines is 1. The molecule has 0 bridgehead atoms. The molecular weight excluding hydrogens is 272 g/mol. The molecule has 1 fully saturated rings. The van der Waals surface area contributed by atoms with Gasteiger partial charge in [-0.15, -0.1) is 0 Å². The minimum absolute atomic E-state index is 0.00403. The first-order chi connectivity index (χ1) is 9.93. The molecule has 1 saturated heterocycles. The molecule has 0 spiro atoms. The summed E-state index contributed by atoms with van der Waals surface area (Å²) in [6.45, 7) is 5.56. The first kappa shape index (κ1) is 15.2. The smallest absolute Gasteiger partial charge is 0.292 e. The predicted molar refractivity (Wildman–Crippen MR) is 80.5 cm³/mol. The lowest BCUT2D eigenvalue weighted by molar-refractivity contribution is -0.384. The zero-order chi connectivity index (χ0) is 15.6. The molecule has 21 heavy (non-hydrogen) atoms. The van der Waals surface area contributed by atoms with E-state index in [4.69, 9.17) is 5.73 Å². The molecule has 2 atom stereocenters. The Labute approximate surface area is 123 Å². The van der Waals surface area contributed by atoms with Crippen molar-refractivity contribution in [2.75, 3.05) is 24.5 Å². The number of carbonyl (C=O) groups excluding carboxylic acids is 1. The number of amides is 1. The van der Waals surface area contributed by atoms with Crippen LogP contribution in [0.1, 0.15) is 24.2 Å². The number of nitro groups is 1. The van der Waals surface area contributed by atoms with Crippen LogP contribution in [0.2, 0.25) is 0 Å². The second kappa shape index (κ2) is 6.09. The number of carbonyl (C=O) groups is 1. The van der Waals surface area contributed by atoms with Gasteiger partial charge in [0.1, 0.15) is 5.69 Å². The van der Waals surface area contributed by atoms with Gasteiger partial charge in [-0.2, -0.15) is 0 Å². The van der Waals surface area contributed by atoms with E-state index in [1.807, 2.05) is 18.7 Å². The maximum atomic E-state index is 11.9. The minimum atomic E-state index is -0.425. The summed E-state index contributed by atoms with van der Waals surface area (Å²) >= 11 is 0. The van der Waals surface area contributed by atoms with Gasteiger partial charge in [-0.05, 0) is 25.0 Å². The molecule has 1 aliphatic rings. The predicted octanol–water partition coefficient (Wildman–Crippen LogP) is 1.13. The highest BCUT2D eigenvalue weighted by molar-refractivity contribution is 5.96.